The Hall–Kier alpha value is -1.02. The lowest BCUT2D eigenvalue weighted by Gasteiger charge is -2.18. The number of aryl methyl sites for hydroxylation is 1. The predicted molar refractivity (Wildman–Crippen MR) is 83.1 cm³/mol. The lowest BCUT2D eigenvalue weighted by molar-refractivity contribution is 0.592. The van der Waals surface area contributed by atoms with Gasteiger partial charge >= 0.3 is 0 Å². The van der Waals surface area contributed by atoms with Crippen LogP contribution in [0.5, 0.6) is 0 Å². The molecule has 2 rings (SSSR count). The summed E-state index contributed by atoms with van der Waals surface area (Å²) in [5.74, 6) is 0. The number of hydrogen-bond donors (Lipinski definition) is 1. The van der Waals surface area contributed by atoms with Gasteiger partial charge in [-0.3, -0.25) is 0 Å². The molecule has 1 nitrogen and oxygen atoms in total. The quantitative estimate of drug-likeness (QED) is 0.853. The summed E-state index contributed by atoms with van der Waals surface area (Å²) in [6.45, 7) is 2.09. The van der Waals surface area contributed by atoms with Crippen molar-refractivity contribution in [2.75, 3.05) is 7.05 Å². The van der Waals surface area contributed by atoms with Crippen LogP contribution in [0, 0.1) is 6.92 Å². The molecule has 0 heterocycles. The van der Waals surface area contributed by atoms with Crippen molar-refractivity contribution < 1.29 is 0 Å². The molecule has 100 valence electrons. The SMILES string of the molecule is CNC(Cc1ccc(Cl)cc1Cl)c1ccc(C)cc1. The predicted octanol–water partition coefficient (Wildman–Crippen LogP) is 4.81. The molecule has 0 spiro atoms. The van der Waals surface area contributed by atoms with Crippen LogP contribution in [-0.4, -0.2) is 7.05 Å². The molecule has 1 unspecified atom stereocenters. The Balaban J connectivity index is 2.21. The van der Waals surface area contributed by atoms with Crippen LogP contribution in [-0.2, 0) is 6.42 Å². The van der Waals surface area contributed by atoms with E-state index in [-0.39, 0.29) is 6.04 Å². The molecule has 1 atom stereocenters. The summed E-state index contributed by atoms with van der Waals surface area (Å²) in [7, 11) is 1.97. The highest BCUT2D eigenvalue weighted by atomic mass is 35.5. The Labute approximate surface area is 124 Å². The molecular weight excluding hydrogens is 277 g/mol. The molecule has 0 aliphatic rings. The van der Waals surface area contributed by atoms with Crippen molar-refractivity contribution in [1.82, 2.24) is 5.32 Å². The van der Waals surface area contributed by atoms with Crippen molar-refractivity contribution in [3.05, 3.63) is 69.2 Å². The molecule has 3 heteroatoms. The molecule has 2 aromatic carbocycles. The lowest BCUT2D eigenvalue weighted by Crippen LogP contribution is -2.19. The molecule has 0 aliphatic heterocycles. The summed E-state index contributed by atoms with van der Waals surface area (Å²) in [6.07, 6.45) is 0.843. The third-order valence-corrected chi connectivity index (χ3v) is 3.85. The average molecular weight is 294 g/mol. The topological polar surface area (TPSA) is 12.0 Å². The van der Waals surface area contributed by atoms with E-state index in [0.29, 0.717) is 5.02 Å². The van der Waals surface area contributed by atoms with Crippen LogP contribution in [0.15, 0.2) is 42.5 Å². The van der Waals surface area contributed by atoms with Crippen LogP contribution in [0.3, 0.4) is 0 Å². The van der Waals surface area contributed by atoms with E-state index in [9.17, 15) is 0 Å². The van der Waals surface area contributed by atoms with Gasteiger partial charge in [0.25, 0.3) is 0 Å². The molecule has 0 saturated heterocycles. The number of benzene rings is 2. The van der Waals surface area contributed by atoms with E-state index in [1.54, 1.807) is 6.07 Å². The first-order valence-corrected chi connectivity index (χ1v) is 7.03. The second kappa shape index (κ2) is 6.42. The van der Waals surface area contributed by atoms with E-state index in [1.807, 2.05) is 19.2 Å². The Morgan fingerprint density at radius 2 is 1.74 bits per heavy atom. The molecular formula is C16H17Cl2N. The molecule has 0 radical (unpaired) electrons. The van der Waals surface area contributed by atoms with Crippen molar-refractivity contribution in [3.8, 4) is 0 Å². The smallest absolute Gasteiger partial charge is 0.0453 e. The van der Waals surface area contributed by atoms with E-state index < -0.39 is 0 Å². The maximum atomic E-state index is 6.23. The van der Waals surface area contributed by atoms with Crippen molar-refractivity contribution in [3.63, 3.8) is 0 Å². The summed E-state index contributed by atoms with van der Waals surface area (Å²) in [5, 5.41) is 4.73. The highest BCUT2D eigenvalue weighted by Crippen LogP contribution is 2.26. The number of rotatable bonds is 4. The van der Waals surface area contributed by atoms with Crippen molar-refractivity contribution in [2.24, 2.45) is 0 Å². The summed E-state index contributed by atoms with van der Waals surface area (Å²) in [6, 6.07) is 14.5. The van der Waals surface area contributed by atoms with Crippen LogP contribution < -0.4 is 5.32 Å². The number of hydrogen-bond acceptors (Lipinski definition) is 1. The van der Waals surface area contributed by atoms with Gasteiger partial charge in [-0.25, -0.2) is 0 Å². The Kier molecular flexibility index (Phi) is 4.87. The minimum Gasteiger partial charge on any atom is -0.313 e. The zero-order valence-corrected chi connectivity index (χ0v) is 12.6. The first-order chi connectivity index (χ1) is 9.10. The average Bonchev–Trinajstić information content (AvgIpc) is 2.39. The maximum Gasteiger partial charge on any atom is 0.0453 e. The van der Waals surface area contributed by atoms with Crippen LogP contribution in [0.2, 0.25) is 10.0 Å². The van der Waals surface area contributed by atoms with Crippen LogP contribution in [0.1, 0.15) is 22.7 Å². The fraction of sp³-hybridized carbons (Fsp3) is 0.250. The van der Waals surface area contributed by atoms with Crippen molar-refractivity contribution >= 4 is 23.2 Å². The van der Waals surface area contributed by atoms with Gasteiger partial charge in [-0.2, -0.15) is 0 Å². The number of halogens is 2. The molecule has 19 heavy (non-hydrogen) atoms. The van der Waals surface area contributed by atoms with E-state index in [1.165, 1.54) is 11.1 Å². The fourth-order valence-corrected chi connectivity index (χ4v) is 2.58. The highest BCUT2D eigenvalue weighted by molar-refractivity contribution is 6.35. The number of nitrogens with one attached hydrogen (secondary N) is 1. The largest absolute Gasteiger partial charge is 0.313 e. The van der Waals surface area contributed by atoms with E-state index in [0.717, 1.165) is 17.0 Å². The summed E-state index contributed by atoms with van der Waals surface area (Å²) in [5.41, 5.74) is 3.63. The minimum atomic E-state index is 0.249. The molecule has 0 bridgehead atoms. The van der Waals surface area contributed by atoms with Gasteiger partial charge < -0.3 is 5.32 Å². The molecule has 0 saturated carbocycles. The molecule has 0 aliphatic carbocycles. The Bertz CT molecular complexity index is 549. The van der Waals surface area contributed by atoms with Crippen molar-refractivity contribution in [1.29, 1.82) is 0 Å². The normalized spacial score (nSPS) is 12.4. The standard InChI is InChI=1S/C16H17Cl2N/c1-11-3-5-12(6-4-11)16(19-2)9-13-7-8-14(17)10-15(13)18/h3-8,10,16,19H,9H2,1-2H3. The first-order valence-electron chi connectivity index (χ1n) is 6.28. The van der Waals surface area contributed by atoms with Gasteiger partial charge in [-0.1, -0.05) is 59.1 Å². The van der Waals surface area contributed by atoms with Gasteiger partial charge in [-0.15, -0.1) is 0 Å². The summed E-state index contributed by atoms with van der Waals surface area (Å²) < 4.78 is 0. The van der Waals surface area contributed by atoms with Gasteiger partial charge in [0.05, 0.1) is 0 Å². The molecule has 0 amide bonds. The van der Waals surface area contributed by atoms with Gasteiger partial charge in [-0.05, 0) is 43.7 Å². The monoisotopic (exact) mass is 293 g/mol. The Morgan fingerprint density at radius 1 is 1.05 bits per heavy atom. The molecule has 2 aromatic rings. The first kappa shape index (κ1) is 14.4. The van der Waals surface area contributed by atoms with Gasteiger partial charge in [0.15, 0.2) is 0 Å². The zero-order valence-electron chi connectivity index (χ0n) is 11.1. The van der Waals surface area contributed by atoms with Crippen LogP contribution >= 0.6 is 23.2 Å². The molecule has 0 fully saturated rings. The van der Waals surface area contributed by atoms with E-state index in [2.05, 4.69) is 36.5 Å². The third kappa shape index (κ3) is 3.73. The molecule has 1 N–H and O–H groups in total. The lowest BCUT2D eigenvalue weighted by atomic mass is 9.98. The summed E-state index contributed by atoms with van der Waals surface area (Å²) >= 11 is 12.2. The highest BCUT2D eigenvalue weighted by Gasteiger charge is 2.12. The van der Waals surface area contributed by atoms with Crippen LogP contribution in [0.4, 0.5) is 0 Å². The second-order valence-electron chi connectivity index (χ2n) is 4.69. The Morgan fingerprint density at radius 3 is 2.32 bits per heavy atom. The van der Waals surface area contributed by atoms with Gasteiger partial charge in [0.1, 0.15) is 0 Å². The van der Waals surface area contributed by atoms with E-state index >= 15 is 0 Å². The van der Waals surface area contributed by atoms with Crippen LogP contribution in [0.25, 0.3) is 0 Å². The molecule has 0 aromatic heterocycles. The maximum absolute atomic E-state index is 6.23. The van der Waals surface area contributed by atoms with Gasteiger partial charge in [0, 0.05) is 16.1 Å². The van der Waals surface area contributed by atoms with E-state index in [4.69, 9.17) is 23.2 Å². The van der Waals surface area contributed by atoms with Gasteiger partial charge in [0.2, 0.25) is 0 Å². The zero-order chi connectivity index (χ0) is 13.8. The van der Waals surface area contributed by atoms with Crippen molar-refractivity contribution in [2.45, 2.75) is 19.4 Å². The second-order valence-corrected chi connectivity index (χ2v) is 5.54. The fourth-order valence-electron chi connectivity index (χ4n) is 2.09. The minimum absolute atomic E-state index is 0.249. The third-order valence-electron chi connectivity index (χ3n) is 3.27. The summed E-state index contributed by atoms with van der Waals surface area (Å²) in [4.78, 5) is 0. The number of likely N-dealkylation sites (N-methyl/N-ethyl adjacent to an activating group) is 1.